The van der Waals surface area contributed by atoms with Crippen LogP contribution in [-0.4, -0.2) is 50.0 Å². The molecule has 0 aromatic carbocycles. The Kier molecular flexibility index (Phi) is 4.62. The molecule has 0 N–H and O–H groups in total. The van der Waals surface area contributed by atoms with Gasteiger partial charge < -0.3 is 18.7 Å². The Morgan fingerprint density at radius 3 is 2.74 bits per heavy atom. The van der Waals surface area contributed by atoms with Crippen LogP contribution in [-0.2, 0) is 31.0 Å². The van der Waals surface area contributed by atoms with Crippen LogP contribution >= 0.6 is 0 Å². The van der Waals surface area contributed by atoms with Crippen LogP contribution in [0.5, 0.6) is 0 Å². The minimum Gasteiger partial charge on any atom is -0.381 e. The van der Waals surface area contributed by atoms with Gasteiger partial charge in [0.1, 0.15) is 12.2 Å². The van der Waals surface area contributed by atoms with Crippen molar-refractivity contribution in [3.63, 3.8) is 0 Å². The molecule has 1 saturated heterocycles. The standard InChI is InChI=1S/C12H18N2O5/c1-16-8-9(15)7-10-13-11(14-19-10)12(17-2)3-5-18-6-4-12/h3-8H2,1-2H3. The van der Waals surface area contributed by atoms with Gasteiger partial charge in [-0.25, -0.2) is 0 Å². The Bertz CT molecular complexity index is 426. The summed E-state index contributed by atoms with van der Waals surface area (Å²) in [6.07, 6.45) is 1.43. The monoisotopic (exact) mass is 270 g/mol. The van der Waals surface area contributed by atoms with Crippen LogP contribution in [0.2, 0.25) is 0 Å². The van der Waals surface area contributed by atoms with Crippen molar-refractivity contribution >= 4 is 5.78 Å². The van der Waals surface area contributed by atoms with E-state index in [1.54, 1.807) is 7.11 Å². The largest absolute Gasteiger partial charge is 0.381 e. The molecule has 0 bridgehead atoms. The number of Topliss-reactive ketones (excluding diaryl/α,β-unsaturated/α-hetero) is 1. The molecule has 0 unspecified atom stereocenters. The van der Waals surface area contributed by atoms with Gasteiger partial charge in [-0.2, -0.15) is 4.98 Å². The minimum atomic E-state index is -0.565. The second-order valence-corrected chi connectivity index (χ2v) is 4.47. The molecule has 7 heteroatoms. The Labute approximate surface area is 111 Å². The highest BCUT2D eigenvalue weighted by atomic mass is 16.5. The summed E-state index contributed by atoms with van der Waals surface area (Å²) in [5, 5.41) is 3.94. The van der Waals surface area contributed by atoms with Crippen molar-refractivity contribution in [1.82, 2.24) is 10.1 Å². The second-order valence-electron chi connectivity index (χ2n) is 4.47. The molecular formula is C12H18N2O5. The molecule has 0 atom stereocenters. The van der Waals surface area contributed by atoms with Crippen molar-refractivity contribution in [2.75, 3.05) is 34.0 Å². The van der Waals surface area contributed by atoms with Gasteiger partial charge >= 0.3 is 0 Å². The van der Waals surface area contributed by atoms with E-state index in [1.807, 2.05) is 0 Å². The van der Waals surface area contributed by atoms with Gasteiger partial charge in [-0.1, -0.05) is 5.16 Å². The molecule has 106 valence electrons. The summed E-state index contributed by atoms with van der Waals surface area (Å²) >= 11 is 0. The Morgan fingerprint density at radius 2 is 2.11 bits per heavy atom. The zero-order chi connectivity index (χ0) is 13.7. The van der Waals surface area contributed by atoms with E-state index in [-0.39, 0.29) is 18.8 Å². The number of ether oxygens (including phenoxy) is 3. The van der Waals surface area contributed by atoms with Crippen LogP contribution in [0.25, 0.3) is 0 Å². The lowest BCUT2D eigenvalue weighted by molar-refractivity contribution is -0.122. The quantitative estimate of drug-likeness (QED) is 0.743. The van der Waals surface area contributed by atoms with E-state index in [0.717, 1.165) is 0 Å². The van der Waals surface area contributed by atoms with Crippen LogP contribution in [0.15, 0.2) is 4.52 Å². The van der Waals surface area contributed by atoms with Crippen LogP contribution in [0.3, 0.4) is 0 Å². The van der Waals surface area contributed by atoms with E-state index in [2.05, 4.69) is 10.1 Å². The Balaban J connectivity index is 2.08. The minimum absolute atomic E-state index is 0.0426. The first-order valence-electron chi connectivity index (χ1n) is 6.17. The summed E-state index contributed by atoms with van der Waals surface area (Å²) in [4.78, 5) is 15.7. The highest BCUT2D eigenvalue weighted by Gasteiger charge is 2.39. The summed E-state index contributed by atoms with van der Waals surface area (Å²) in [7, 11) is 3.09. The number of methoxy groups -OCH3 is 2. The highest BCUT2D eigenvalue weighted by molar-refractivity contribution is 5.81. The Morgan fingerprint density at radius 1 is 1.37 bits per heavy atom. The molecule has 1 aliphatic heterocycles. The molecular weight excluding hydrogens is 252 g/mol. The van der Waals surface area contributed by atoms with Gasteiger partial charge in [0, 0.05) is 40.3 Å². The van der Waals surface area contributed by atoms with Gasteiger partial charge in [0.15, 0.2) is 5.78 Å². The predicted octanol–water partition coefficient (Wildman–Crippen LogP) is 0.480. The van der Waals surface area contributed by atoms with Crippen molar-refractivity contribution in [2.45, 2.75) is 24.9 Å². The van der Waals surface area contributed by atoms with Crippen LogP contribution in [0, 0.1) is 0 Å². The lowest BCUT2D eigenvalue weighted by Gasteiger charge is -2.32. The molecule has 1 fully saturated rings. The van der Waals surface area contributed by atoms with Crippen molar-refractivity contribution in [2.24, 2.45) is 0 Å². The number of rotatable bonds is 6. The maximum Gasteiger partial charge on any atom is 0.234 e. The van der Waals surface area contributed by atoms with Crippen LogP contribution in [0.4, 0.5) is 0 Å². The fourth-order valence-electron chi connectivity index (χ4n) is 2.11. The summed E-state index contributed by atoms with van der Waals surface area (Å²) in [6.45, 7) is 1.24. The molecule has 0 amide bonds. The highest BCUT2D eigenvalue weighted by Crippen LogP contribution is 2.33. The van der Waals surface area contributed by atoms with Gasteiger partial charge in [0.25, 0.3) is 0 Å². The molecule has 0 saturated carbocycles. The lowest BCUT2D eigenvalue weighted by atomic mass is 9.93. The zero-order valence-electron chi connectivity index (χ0n) is 11.2. The topological polar surface area (TPSA) is 83.7 Å². The summed E-state index contributed by atoms with van der Waals surface area (Å²) < 4.78 is 20.7. The maximum absolute atomic E-state index is 11.4. The van der Waals surface area contributed by atoms with E-state index in [1.165, 1.54) is 7.11 Å². The first kappa shape index (κ1) is 14.1. The first-order chi connectivity index (χ1) is 9.20. The summed E-state index contributed by atoms with van der Waals surface area (Å²) in [6, 6.07) is 0. The third-order valence-corrected chi connectivity index (χ3v) is 3.22. The van der Waals surface area contributed by atoms with Gasteiger partial charge in [-0.15, -0.1) is 0 Å². The average molecular weight is 270 g/mol. The number of carbonyl (C=O) groups is 1. The van der Waals surface area contributed by atoms with Gasteiger partial charge in [0.05, 0.1) is 6.42 Å². The fraction of sp³-hybridized carbons (Fsp3) is 0.750. The number of hydrogen-bond donors (Lipinski definition) is 0. The van der Waals surface area contributed by atoms with Crippen LogP contribution in [0.1, 0.15) is 24.6 Å². The van der Waals surface area contributed by atoms with E-state index in [0.29, 0.717) is 37.8 Å². The van der Waals surface area contributed by atoms with Crippen molar-refractivity contribution in [3.05, 3.63) is 11.7 Å². The van der Waals surface area contributed by atoms with E-state index in [9.17, 15) is 4.79 Å². The lowest BCUT2D eigenvalue weighted by Crippen LogP contribution is -2.36. The van der Waals surface area contributed by atoms with Crippen molar-refractivity contribution in [3.8, 4) is 0 Å². The maximum atomic E-state index is 11.4. The SMILES string of the molecule is COCC(=O)Cc1nc(C2(OC)CCOCC2)no1. The summed E-state index contributed by atoms with van der Waals surface area (Å²) in [5.74, 6) is 0.676. The number of ketones is 1. The van der Waals surface area contributed by atoms with E-state index in [4.69, 9.17) is 18.7 Å². The predicted molar refractivity (Wildman–Crippen MR) is 63.6 cm³/mol. The third kappa shape index (κ3) is 3.17. The van der Waals surface area contributed by atoms with E-state index < -0.39 is 5.60 Å². The van der Waals surface area contributed by atoms with Crippen molar-refractivity contribution < 1.29 is 23.5 Å². The smallest absolute Gasteiger partial charge is 0.234 e. The summed E-state index contributed by atoms with van der Waals surface area (Å²) in [5.41, 5.74) is -0.565. The Hall–Kier alpha value is -1.31. The van der Waals surface area contributed by atoms with Gasteiger partial charge in [-0.3, -0.25) is 4.79 Å². The molecule has 2 rings (SSSR count). The molecule has 2 heterocycles. The number of hydrogen-bond acceptors (Lipinski definition) is 7. The molecule has 0 aliphatic carbocycles. The van der Waals surface area contributed by atoms with Gasteiger partial charge in [-0.05, 0) is 0 Å². The van der Waals surface area contributed by atoms with E-state index >= 15 is 0 Å². The molecule has 1 aromatic heterocycles. The first-order valence-corrected chi connectivity index (χ1v) is 6.17. The zero-order valence-corrected chi connectivity index (χ0v) is 11.2. The second kappa shape index (κ2) is 6.23. The number of carbonyl (C=O) groups excluding carboxylic acids is 1. The van der Waals surface area contributed by atoms with Gasteiger partial charge in [0.2, 0.25) is 11.7 Å². The molecule has 7 nitrogen and oxygen atoms in total. The molecule has 19 heavy (non-hydrogen) atoms. The molecule has 1 aliphatic rings. The normalized spacial score (nSPS) is 18.4. The fourth-order valence-corrected chi connectivity index (χ4v) is 2.11. The van der Waals surface area contributed by atoms with Crippen molar-refractivity contribution in [1.29, 1.82) is 0 Å². The number of nitrogens with zero attached hydrogens (tertiary/aromatic N) is 2. The van der Waals surface area contributed by atoms with Crippen LogP contribution < -0.4 is 0 Å². The molecule has 0 spiro atoms. The number of aromatic nitrogens is 2. The third-order valence-electron chi connectivity index (χ3n) is 3.22. The molecule has 0 radical (unpaired) electrons. The molecule has 1 aromatic rings. The average Bonchev–Trinajstić information content (AvgIpc) is 2.89.